The van der Waals surface area contributed by atoms with Gasteiger partial charge in [-0.2, -0.15) is 0 Å². The topological polar surface area (TPSA) is 18.5 Å². The zero-order chi connectivity index (χ0) is 15.5. The summed E-state index contributed by atoms with van der Waals surface area (Å²) < 4.78 is 0. The molecule has 1 aromatic carbocycles. The Bertz CT molecular complexity index is 468. The van der Waals surface area contributed by atoms with Gasteiger partial charge < -0.3 is 10.2 Å². The molecule has 0 aromatic heterocycles. The van der Waals surface area contributed by atoms with Crippen molar-refractivity contribution in [3.8, 4) is 0 Å². The molecule has 0 unspecified atom stereocenters. The van der Waals surface area contributed by atoms with E-state index in [9.17, 15) is 0 Å². The minimum Gasteiger partial charge on any atom is -0.368 e. The van der Waals surface area contributed by atoms with E-state index in [1.165, 1.54) is 23.2 Å². The molecule has 1 heterocycles. The third-order valence-electron chi connectivity index (χ3n) is 4.67. The molecule has 1 aromatic rings. The SMILES string of the molecule is CCCNCc1ccc(N2CCN(C)C(C)(C)C2)c(C)c1. The molecule has 3 heteroatoms. The molecule has 3 nitrogen and oxygen atoms in total. The minimum absolute atomic E-state index is 0.242. The Kier molecular flexibility index (Phi) is 5.28. The largest absolute Gasteiger partial charge is 0.368 e. The smallest absolute Gasteiger partial charge is 0.0397 e. The van der Waals surface area contributed by atoms with Gasteiger partial charge in [0, 0.05) is 37.4 Å². The summed E-state index contributed by atoms with van der Waals surface area (Å²) in [6, 6.07) is 6.92. The van der Waals surface area contributed by atoms with Crippen LogP contribution < -0.4 is 10.2 Å². The molecule has 1 aliphatic heterocycles. The highest BCUT2D eigenvalue weighted by Crippen LogP contribution is 2.27. The van der Waals surface area contributed by atoms with E-state index in [0.717, 1.165) is 32.7 Å². The van der Waals surface area contributed by atoms with Gasteiger partial charge in [0.25, 0.3) is 0 Å². The zero-order valence-corrected chi connectivity index (χ0v) is 14.4. The summed E-state index contributed by atoms with van der Waals surface area (Å²) in [5.74, 6) is 0. The third kappa shape index (κ3) is 3.98. The quantitative estimate of drug-likeness (QED) is 0.841. The zero-order valence-electron chi connectivity index (χ0n) is 14.4. The van der Waals surface area contributed by atoms with E-state index in [2.05, 4.69) is 68.1 Å². The highest BCUT2D eigenvalue weighted by atomic mass is 15.3. The van der Waals surface area contributed by atoms with Crippen LogP contribution in [-0.4, -0.2) is 43.7 Å². The number of likely N-dealkylation sites (N-methyl/N-ethyl adjacent to an activating group) is 1. The first kappa shape index (κ1) is 16.3. The van der Waals surface area contributed by atoms with Crippen molar-refractivity contribution < 1.29 is 0 Å². The first-order chi connectivity index (χ1) is 9.94. The molecule has 21 heavy (non-hydrogen) atoms. The van der Waals surface area contributed by atoms with Crippen molar-refractivity contribution in [2.45, 2.75) is 46.2 Å². The lowest BCUT2D eigenvalue weighted by molar-refractivity contribution is 0.139. The Morgan fingerprint density at radius 3 is 2.62 bits per heavy atom. The molecule has 0 saturated carbocycles. The van der Waals surface area contributed by atoms with Gasteiger partial charge in [-0.1, -0.05) is 19.1 Å². The Hall–Kier alpha value is -1.06. The number of nitrogens with one attached hydrogen (secondary N) is 1. The van der Waals surface area contributed by atoms with Crippen LogP contribution in [0.5, 0.6) is 0 Å². The van der Waals surface area contributed by atoms with Gasteiger partial charge in [0.05, 0.1) is 0 Å². The summed E-state index contributed by atoms with van der Waals surface area (Å²) in [7, 11) is 2.23. The Morgan fingerprint density at radius 1 is 1.24 bits per heavy atom. The summed E-state index contributed by atoms with van der Waals surface area (Å²) in [6.07, 6.45) is 1.19. The predicted molar refractivity (Wildman–Crippen MR) is 92.1 cm³/mol. The van der Waals surface area contributed by atoms with E-state index in [-0.39, 0.29) is 5.54 Å². The van der Waals surface area contributed by atoms with E-state index in [0.29, 0.717) is 0 Å². The lowest BCUT2D eigenvalue weighted by atomic mass is 9.98. The standard InChI is InChI=1S/C18H31N3/c1-6-9-19-13-16-7-8-17(15(2)12-16)21-11-10-20(5)18(3,4)14-21/h7-8,12,19H,6,9-11,13-14H2,1-5H3. The molecule has 1 aliphatic rings. The van der Waals surface area contributed by atoms with Crippen molar-refractivity contribution in [2.24, 2.45) is 0 Å². The van der Waals surface area contributed by atoms with Crippen LogP contribution in [0, 0.1) is 6.92 Å². The molecule has 0 spiro atoms. The number of rotatable bonds is 5. The van der Waals surface area contributed by atoms with Gasteiger partial charge in [-0.15, -0.1) is 0 Å². The first-order valence-electron chi connectivity index (χ1n) is 8.20. The van der Waals surface area contributed by atoms with Crippen LogP contribution in [0.3, 0.4) is 0 Å². The second-order valence-corrected chi connectivity index (χ2v) is 6.95. The number of hydrogen-bond donors (Lipinski definition) is 1. The van der Waals surface area contributed by atoms with E-state index in [1.54, 1.807) is 0 Å². The molecule has 0 radical (unpaired) electrons. The van der Waals surface area contributed by atoms with Crippen molar-refractivity contribution in [2.75, 3.05) is 38.1 Å². The number of piperazine rings is 1. The maximum absolute atomic E-state index is 3.48. The second kappa shape index (κ2) is 6.80. The van der Waals surface area contributed by atoms with Crippen LogP contribution in [0.25, 0.3) is 0 Å². The summed E-state index contributed by atoms with van der Waals surface area (Å²) in [6.45, 7) is 14.5. The maximum atomic E-state index is 3.48. The summed E-state index contributed by atoms with van der Waals surface area (Å²) in [5.41, 5.74) is 4.42. The highest BCUT2D eigenvalue weighted by Gasteiger charge is 2.31. The van der Waals surface area contributed by atoms with E-state index in [1.807, 2.05) is 0 Å². The Labute approximate surface area is 130 Å². The maximum Gasteiger partial charge on any atom is 0.0397 e. The van der Waals surface area contributed by atoms with Crippen molar-refractivity contribution in [3.63, 3.8) is 0 Å². The normalized spacial score (nSPS) is 19.0. The van der Waals surface area contributed by atoms with Crippen molar-refractivity contribution >= 4 is 5.69 Å². The van der Waals surface area contributed by atoms with E-state index >= 15 is 0 Å². The van der Waals surface area contributed by atoms with Gasteiger partial charge in [0.1, 0.15) is 0 Å². The van der Waals surface area contributed by atoms with Crippen LogP contribution in [0.2, 0.25) is 0 Å². The highest BCUT2D eigenvalue weighted by molar-refractivity contribution is 5.55. The van der Waals surface area contributed by atoms with Gasteiger partial charge in [-0.25, -0.2) is 0 Å². The fraction of sp³-hybridized carbons (Fsp3) is 0.667. The van der Waals surface area contributed by atoms with Gasteiger partial charge >= 0.3 is 0 Å². The van der Waals surface area contributed by atoms with Crippen LogP contribution in [0.4, 0.5) is 5.69 Å². The molecule has 0 atom stereocenters. The van der Waals surface area contributed by atoms with Crippen LogP contribution in [0.15, 0.2) is 18.2 Å². The second-order valence-electron chi connectivity index (χ2n) is 6.95. The van der Waals surface area contributed by atoms with Gasteiger partial charge in [-0.3, -0.25) is 4.90 Å². The monoisotopic (exact) mass is 289 g/mol. The molecular weight excluding hydrogens is 258 g/mol. The van der Waals surface area contributed by atoms with Crippen LogP contribution in [0.1, 0.15) is 38.3 Å². The number of aryl methyl sites for hydroxylation is 1. The summed E-state index contributed by atoms with van der Waals surface area (Å²) >= 11 is 0. The predicted octanol–water partition coefficient (Wildman–Crippen LogP) is 3.03. The lowest BCUT2D eigenvalue weighted by Crippen LogP contribution is -2.57. The van der Waals surface area contributed by atoms with Gasteiger partial charge in [0.15, 0.2) is 0 Å². The molecule has 1 saturated heterocycles. The van der Waals surface area contributed by atoms with Crippen LogP contribution in [-0.2, 0) is 6.54 Å². The first-order valence-corrected chi connectivity index (χ1v) is 8.20. The molecule has 0 amide bonds. The lowest BCUT2D eigenvalue weighted by Gasteiger charge is -2.46. The number of anilines is 1. The summed E-state index contributed by atoms with van der Waals surface area (Å²) in [4.78, 5) is 5.00. The molecule has 1 N–H and O–H groups in total. The Morgan fingerprint density at radius 2 is 2.00 bits per heavy atom. The molecule has 118 valence electrons. The molecular formula is C18H31N3. The molecule has 1 fully saturated rings. The van der Waals surface area contributed by atoms with Crippen molar-refractivity contribution in [1.82, 2.24) is 10.2 Å². The number of nitrogens with zero attached hydrogens (tertiary/aromatic N) is 2. The van der Waals surface area contributed by atoms with Crippen molar-refractivity contribution in [3.05, 3.63) is 29.3 Å². The van der Waals surface area contributed by atoms with Crippen LogP contribution >= 0.6 is 0 Å². The van der Waals surface area contributed by atoms with E-state index in [4.69, 9.17) is 0 Å². The molecule has 2 rings (SSSR count). The fourth-order valence-electron chi connectivity index (χ4n) is 3.04. The summed E-state index contributed by atoms with van der Waals surface area (Å²) in [5, 5.41) is 3.48. The average molecular weight is 289 g/mol. The Balaban J connectivity index is 2.07. The van der Waals surface area contributed by atoms with Gasteiger partial charge in [0.2, 0.25) is 0 Å². The van der Waals surface area contributed by atoms with Crippen molar-refractivity contribution in [1.29, 1.82) is 0 Å². The molecule has 0 bridgehead atoms. The minimum atomic E-state index is 0.242. The fourth-order valence-corrected chi connectivity index (χ4v) is 3.04. The number of hydrogen-bond acceptors (Lipinski definition) is 3. The van der Waals surface area contributed by atoms with E-state index < -0.39 is 0 Å². The molecule has 0 aliphatic carbocycles. The average Bonchev–Trinajstić information content (AvgIpc) is 2.42. The third-order valence-corrected chi connectivity index (χ3v) is 4.67. The van der Waals surface area contributed by atoms with Gasteiger partial charge in [-0.05, 0) is 58.0 Å². The number of benzene rings is 1.